The van der Waals surface area contributed by atoms with Crippen LogP contribution in [0, 0.1) is 0 Å². The van der Waals surface area contributed by atoms with E-state index in [2.05, 4.69) is 17.2 Å². The zero-order chi connectivity index (χ0) is 25.2. The van der Waals surface area contributed by atoms with Gasteiger partial charge in [-0.1, -0.05) is 18.7 Å². The molecule has 0 radical (unpaired) electrons. The van der Waals surface area contributed by atoms with Gasteiger partial charge in [-0.05, 0) is 54.1 Å². The maximum absolute atomic E-state index is 12.8. The molecule has 0 atom stereocenters. The minimum absolute atomic E-state index is 0.222. The van der Waals surface area contributed by atoms with E-state index < -0.39 is 0 Å². The molecule has 2 aromatic heterocycles. The zero-order valence-corrected chi connectivity index (χ0v) is 20.2. The standard InChI is InChI=1S/C30H24N4O2/c1-20(29(35)31-25-12-14-27-23(18-25)6-4-16-33(27)2)21-8-10-22(11-9-21)30(36)32-26-13-15-28-24(19-26)7-5-17-34(28)3/h4-19H,1H2,2-3H3/p+2. The molecule has 6 heteroatoms. The number of hydrogen-bond acceptors (Lipinski definition) is 2. The van der Waals surface area contributed by atoms with Crippen molar-refractivity contribution >= 4 is 50.6 Å². The van der Waals surface area contributed by atoms with E-state index >= 15 is 0 Å². The molecule has 0 saturated heterocycles. The van der Waals surface area contributed by atoms with E-state index in [9.17, 15) is 9.59 Å². The van der Waals surface area contributed by atoms with E-state index in [1.54, 1.807) is 24.3 Å². The predicted molar refractivity (Wildman–Crippen MR) is 142 cm³/mol. The summed E-state index contributed by atoms with van der Waals surface area (Å²) < 4.78 is 4.06. The maximum Gasteiger partial charge on any atom is 0.255 e. The molecule has 2 amide bonds. The largest absolute Gasteiger partial charge is 0.322 e. The minimum atomic E-state index is -0.295. The Bertz CT molecular complexity index is 1660. The summed E-state index contributed by atoms with van der Waals surface area (Å²) in [5.41, 5.74) is 5.02. The Labute approximate surface area is 209 Å². The van der Waals surface area contributed by atoms with Gasteiger partial charge in [0.1, 0.15) is 14.1 Å². The number of hydrogen-bond donors (Lipinski definition) is 2. The van der Waals surface area contributed by atoms with Gasteiger partial charge in [-0.2, -0.15) is 0 Å². The highest BCUT2D eigenvalue weighted by atomic mass is 16.2. The molecule has 5 rings (SSSR count). The van der Waals surface area contributed by atoms with Crippen molar-refractivity contribution in [1.29, 1.82) is 0 Å². The Hall–Kier alpha value is -4.84. The average molecular weight is 475 g/mol. The van der Waals surface area contributed by atoms with Gasteiger partial charge in [-0.15, -0.1) is 0 Å². The third-order valence-electron chi connectivity index (χ3n) is 6.27. The third-order valence-corrected chi connectivity index (χ3v) is 6.27. The number of benzene rings is 3. The van der Waals surface area contributed by atoms with Gasteiger partial charge < -0.3 is 10.6 Å². The van der Waals surface area contributed by atoms with Crippen molar-refractivity contribution in [3.05, 3.63) is 115 Å². The Balaban J connectivity index is 1.26. The number of fused-ring (bicyclic) bond motifs is 2. The summed E-state index contributed by atoms with van der Waals surface area (Å²) in [4.78, 5) is 25.6. The lowest BCUT2D eigenvalue weighted by molar-refractivity contribution is -0.645. The molecule has 0 unspecified atom stereocenters. The predicted octanol–water partition coefficient (Wildman–Crippen LogP) is 4.55. The zero-order valence-electron chi connectivity index (χ0n) is 20.2. The first-order valence-corrected chi connectivity index (χ1v) is 11.6. The Morgan fingerprint density at radius 1 is 0.667 bits per heavy atom. The minimum Gasteiger partial charge on any atom is -0.322 e. The summed E-state index contributed by atoms with van der Waals surface area (Å²) in [6, 6.07) is 26.4. The van der Waals surface area contributed by atoms with Crippen molar-refractivity contribution in [1.82, 2.24) is 0 Å². The van der Waals surface area contributed by atoms with Crippen molar-refractivity contribution in [3.63, 3.8) is 0 Å². The van der Waals surface area contributed by atoms with Crippen LogP contribution in [0.25, 0.3) is 27.4 Å². The molecule has 0 bridgehead atoms. The van der Waals surface area contributed by atoms with Crippen LogP contribution >= 0.6 is 0 Å². The van der Waals surface area contributed by atoms with Crippen molar-refractivity contribution in [2.24, 2.45) is 14.1 Å². The first kappa shape index (κ1) is 22.9. The first-order chi connectivity index (χ1) is 17.4. The number of pyridine rings is 2. The van der Waals surface area contributed by atoms with Gasteiger partial charge >= 0.3 is 0 Å². The van der Waals surface area contributed by atoms with Gasteiger partial charge in [-0.3, -0.25) is 9.59 Å². The quantitative estimate of drug-likeness (QED) is 0.290. The van der Waals surface area contributed by atoms with Gasteiger partial charge in [-0.25, -0.2) is 9.13 Å². The maximum atomic E-state index is 12.8. The first-order valence-electron chi connectivity index (χ1n) is 11.6. The normalized spacial score (nSPS) is 10.8. The number of nitrogens with one attached hydrogen (secondary N) is 2. The molecule has 0 spiro atoms. The summed E-state index contributed by atoms with van der Waals surface area (Å²) >= 11 is 0. The second-order valence-corrected chi connectivity index (χ2v) is 8.75. The SMILES string of the molecule is C=C(C(=O)Nc1ccc2c(ccc[n+]2C)c1)c1ccc(C(=O)Nc2ccc3c(ccc[n+]3C)c2)cc1. The monoisotopic (exact) mass is 474 g/mol. The molecular weight excluding hydrogens is 448 g/mol. The number of nitrogens with zero attached hydrogens (tertiary/aromatic N) is 2. The van der Waals surface area contributed by atoms with E-state index in [1.165, 1.54) is 0 Å². The number of aromatic nitrogens is 2. The highest BCUT2D eigenvalue weighted by molar-refractivity contribution is 6.24. The Morgan fingerprint density at radius 3 is 1.72 bits per heavy atom. The summed E-state index contributed by atoms with van der Waals surface area (Å²) in [6.07, 6.45) is 3.96. The molecule has 176 valence electrons. The van der Waals surface area contributed by atoms with Crippen LogP contribution in [0.4, 0.5) is 11.4 Å². The number of carbonyl (C=O) groups is 2. The highest BCUT2D eigenvalue weighted by Gasteiger charge is 2.14. The molecule has 0 aliphatic carbocycles. The lowest BCUT2D eigenvalue weighted by Crippen LogP contribution is -2.27. The lowest BCUT2D eigenvalue weighted by Gasteiger charge is -2.10. The van der Waals surface area contributed by atoms with E-state index in [4.69, 9.17) is 0 Å². The number of carbonyl (C=O) groups excluding carboxylic acids is 2. The molecule has 0 aliphatic rings. The Kier molecular flexibility index (Phi) is 6.00. The van der Waals surface area contributed by atoms with E-state index in [0.29, 0.717) is 22.4 Å². The van der Waals surface area contributed by atoms with Crippen LogP contribution in [-0.2, 0) is 18.9 Å². The van der Waals surface area contributed by atoms with Crippen molar-refractivity contribution in [2.75, 3.05) is 10.6 Å². The van der Waals surface area contributed by atoms with Crippen LogP contribution in [0.3, 0.4) is 0 Å². The second kappa shape index (κ2) is 9.43. The number of aryl methyl sites for hydroxylation is 2. The van der Waals surface area contributed by atoms with Crippen LogP contribution in [0.2, 0.25) is 0 Å². The van der Waals surface area contributed by atoms with Crippen LogP contribution in [0.15, 0.2) is 104 Å². The van der Waals surface area contributed by atoms with E-state index in [0.717, 1.165) is 27.5 Å². The fourth-order valence-corrected chi connectivity index (χ4v) is 4.25. The van der Waals surface area contributed by atoms with Crippen LogP contribution in [0.1, 0.15) is 15.9 Å². The summed E-state index contributed by atoms with van der Waals surface area (Å²) in [5, 5.41) is 7.92. The third kappa shape index (κ3) is 4.57. The molecule has 0 saturated carbocycles. The Morgan fingerprint density at radius 2 is 1.17 bits per heavy atom. The van der Waals surface area contributed by atoms with Crippen molar-refractivity contribution in [2.45, 2.75) is 0 Å². The fraction of sp³-hybridized carbons (Fsp3) is 0.0667. The number of anilines is 2. The van der Waals surface area contributed by atoms with Gasteiger partial charge in [0.15, 0.2) is 12.4 Å². The van der Waals surface area contributed by atoms with E-state index in [-0.39, 0.29) is 11.8 Å². The summed E-state index contributed by atoms with van der Waals surface area (Å²) in [6.45, 7) is 3.96. The second-order valence-electron chi connectivity index (χ2n) is 8.75. The van der Waals surface area contributed by atoms with Gasteiger partial charge in [0, 0.05) is 57.5 Å². The number of rotatable bonds is 5. The summed E-state index contributed by atoms with van der Waals surface area (Å²) in [5.74, 6) is -0.517. The molecule has 3 aromatic carbocycles. The molecule has 0 fully saturated rings. The lowest BCUT2D eigenvalue weighted by atomic mass is 10.0. The van der Waals surface area contributed by atoms with Crippen LogP contribution < -0.4 is 19.8 Å². The van der Waals surface area contributed by atoms with Crippen LogP contribution in [-0.4, -0.2) is 11.8 Å². The fourth-order valence-electron chi connectivity index (χ4n) is 4.25. The van der Waals surface area contributed by atoms with E-state index in [1.807, 2.05) is 96.3 Å². The molecule has 36 heavy (non-hydrogen) atoms. The highest BCUT2D eigenvalue weighted by Crippen LogP contribution is 2.21. The van der Waals surface area contributed by atoms with Gasteiger partial charge in [0.05, 0.1) is 0 Å². The van der Waals surface area contributed by atoms with Crippen LogP contribution in [0.5, 0.6) is 0 Å². The molecule has 6 nitrogen and oxygen atoms in total. The van der Waals surface area contributed by atoms with Gasteiger partial charge in [0.25, 0.3) is 11.8 Å². The average Bonchev–Trinajstić information content (AvgIpc) is 2.88. The molecule has 2 heterocycles. The molecule has 0 aliphatic heterocycles. The topological polar surface area (TPSA) is 66.0 Å². The number of amides is 2. The van der Waals surface area contributed by atoms with Gasteiger partial charge in [0.2, 0.25) is 11.0 Å². The van der Waals surface area contributed by atoms with Crippen molar-refractivity contribution in [3.8, 4) is 0 Å². The summed E-state index contributed by atoms with van der Waals surface area (Å²) in [7, 11) is 3.96. The smallest absolute Gasteiger partial charge is 0.255 e. The molecular formula is C30H26N4O2+2. The van der Waals surface area contributed by atoms with Crippen molar-refractivity contribution < 1.29 is 18.7 Å². The molecule has 5 aromatic rings. The molecule has 2 N–H and O–H groups in total.